The minimum Gasteiger partial charge on any atom is -0.399 e. The molecule has 1 unspecified atom stereocenters. The molecule has 0 N–H and O–H groups in total. The van der Waals surface area contributed by atoms with Gasteiger partial charge in [0, 0.05) is 30.3 Å². The molecule has 2 fully saturated rings. The highest BCUT2D eigenvalue weighted by Crippen LogP contribution is 2.37. The minimum absolute atomic E-state index is 0.328. The minimum atomic E-state index is -0.335. The molecule has 4 nitrogen and oxygen atoms in total. The van der Waals surface area contributed by atoms with E-state index in [1.165, 1.54) is 10.9 Å². The molecule has 0 saturated carbocycles. The van der Waals surface area contributed by atoms with Crippen LogP contribution >= 0.6 is 0 Å². The van der Waals surface area contributed by atoms with Gasteiger partial charge in [0.25, 0.3) is 0 Å². The average molecular weight is 339 g/mol. The molecular weight excluding hydrogens is 313 g/mol. The Morgan fingerprint density at radius 1 is 1.08 bits per heavy atom. The quantitative estimate of drug-likeness (QED) is 0.786. The summed E-state index contributed by atoms with van der Waals surface area (Å²) in [4.78, 5) is 4.44. The van der Waals surface area contributed by atoms with Crippen LogP contribution in [0, 0.1) is 0 Å². The van der Waals surface area contributed by atoms with Gasteiger partial charge in [0.2, 0.25) is 0 Å². The van der Waals surface area contributed by atoms with Crippen LogP contribution in [-0.2, 0) is 14.0 Å². The van der Waals surface area contributed by atoms with E-state index in [0.717, 1.165) is 36.9 Å². The van der Waals surface area contributed by atoms with Crippen molar-refractivity contribution in [3.63, 3.8) is 0 Å². The first-order chi connectivity index (χ1) is 11.9. The Hall–Kier alpha value is -1.43. The van der Waals surface area contributed by atoms with Gasteiger partial charge in [-0.3, -0.25) is 4.98 Å². The Morgan fingerprint density at radius 2 is 1.84 bits per heavy atom. The maximum atomic E-state index is 6.22. The third-order valence-electron chi connectivity index (χ3n) is 5.94. The second-order valence-corrected chi connectivity index (χ2v) is 8.21. The molecule has 1 aromatic carbocycles. The third-order valence-corrected chi connectivity index (χ3v) is 5.94. The number of aromatic nitrogens is 1. The molecule has 0 radical (unpaired) electrons. The molecule has 1 atom stereocenters. The van der Waals surface area contributed by atoms with Crippen molar-refractivity contribution in [3.05, 3.63) is 36.2 Å². The first-order valence-corrected chi connectivity index (χ1v) is 9.18. The smallest absolute Gasteiger partial charge is 0.399 e. The summed E-state index contributed by atoms with van der Waals surface area (Å²) in [5.41, 5.74) is 1.68. The van der Waals surface area contributed by atoms with E-state index in [-0.39, 0.29) is 18.3 Å². The van der Waals surface area contributed by atoms with E-state index in [1.54, 1.807) is 0 Å². The number of pyridine rings is 1. The van der Waals surface area contributed by atoms with Crippen LogP contribution in [0.25, 0.3) is 10.8 Å². The number of fused-ring (bicyclic) bond motifs is 1. The lowest BCUT2D eigenvalue weighted by molar-refractivity contribution is 0.00578. The molecule has 25 heavy (non-hydrogen) atoms. The number of rotatable bonds is 2. The molecule has 1 aromatic heterocycles. The predicted octanol–water partition coefficient (Wildman–Crippen LogP) is 3.43. The van der Waals surface area contributed by atoms with Crippen LogP contribution in [0.2, 0.25) is 0 Å². The van der Waals surface area contributed by atoms with Crippen molar-refractivity contribution in [2.45, 2.75) is 57.7 Å². The summed E-state index contributed by atoms with van der Waals surface area (Å²) in [6.45, 7) is 9.99. The Kier molecular flexibility index (Phi) is 4.14. The largest absolute Gasteiger partial charge is 0.494 e. The van der Waals surface area contributed by atoms with E-state index in [2.05, 4.69) is 50.9 Å². The van der Waals surface area contributed by atoms with Crippen molar-refractivity contribution in [2.24, 2.45) is 0 Å². The number of ether oxygens (including phenoxy) is 1. The summed E-state index contributed by atoms with van der Waals surface area (Å²) in [6.07, 6.45) is 6.19. The van der Waals surface area contributed by atoms with Gasteiger partial charge in [0.1, 0.15) is 0 Å². The fourth-order valence-corrected chi connectivity index (χ4v) is 3.64. The lowest BCUT2D eigenvalue weighted by Crippen LogP contribution is -2.41. The molecule has 3 heterocycles. The zero-order valence-corrected chi connectivity index (χ0v) is 15.5. The second-order valence-electron chi connectivity index (χ2n) is 8.21. The van der Waals surface area contributed by atoms with E-state index >= 15 is 0 Å². The summed E-state index contributed by atoms with van der Waals surface area (Å²) in [5, 5.41) is 2.39. The van der Waals surface area contributed by atoms with Gasteiger partial charge >= 0.3 is 7.12 Å². The van der Waals surface area contributed by atoms with Gasteiger partial charge < -0.3 is 14.0 Å². The van der Waals surface area contributed by atoms with E-state index in [4.69, 9.17) is 14.0 Å². The van der Waals surface area contributed by atoms with Gasteiger partial charge in [0.15, 0.2) is 0 Å². The van der Waals surface area contributed by atoms with Crippen molar-refractivity contribution in [1.82, 2.24) is 4.98 Å². The monoisotopic (exact) mass is 339 g/mol. The molecule has 5 heteroatoms. The van der Waals surface area contributed by atoms with Crippen LogP contribution in [-0.4, -0.2) is 36.5 Å². The molecule has 0 spiro atoms. The predicted molar refractivity (Wildman–Crippen MR) is 100 cm³/mol. The molecule has 2 saturated heterocycles. The van der Waals surface area contributed by atoms with Crippen LogP contribution in [0.3, 0.4) is 0 Å². The molecule has 2 aliphatic heterocycles. The first-order valence-electron chi connectivity index (χ1n) is 9.18. The maximum absolute atomic E-state index is 6.22. The number of hydrogen-bond acceptors (Lipinski definition) is 4. The topological polar surface area (TPSA) is 40.6 Å². The lowest BCUT2D eigenvalue weighted by atomic mass is 9.77. The van der Waals surface area contributed by atoms with Crippen molar-refractivity contribution in [1.29, 1.82) is 0 Å². The van der Waals surface area contributed by atoms with Crippen molar-refractivity contribution in [3.8, 4) is 0 Å². The fourth-order valence-electron chi connectivity index (χ4n) is 3.64. The highest BCUT2D eigenvalue weighted by molar-refractivity contribution is 6.62. The maximum Gasteiger partial charge on any atom is 0.494 e. The van der Waals surface area contributed by atoms with Gasteiger partial charge in [-0.05, 0) is 56.9 Å². The van der Waals surface area contributed by atoms with Gasteiger partial charge in [-0.25, -0.2) is 0 Å². The highest BCUT2D eigenvalue weighted by Gasteiger charge is 2.51. The van der Waals surface area contributed by atoms with E-state index < -0.39 is 0 Å². The van der Waals surface area contributed by atoms with E-state index in [9.17, 15) is 0 Å². The summed E-state index contributed by atoms with van der Waals surface area (Å²) in [7, 11) is -0.335. The Balaban J connectivity index is 1.72. The molecule has 0 aliphatic carbocycles. The Labute approximate surface area is 150 Å². The van der Waals surface area contributed by atoms with Crippen molar-refractivity contribution >= 4 is 23.4 Å². The van der Waals surface area contributed by atoms with Crippen molar-refractivity contribution in [2.75, 3.05) is 13.2 Å². The summed E-state index contributed by atoms with van der Waals surface area (Å²) in [6, 6.07) is 6.42. The molecule has 132 valence electrons. The van der Waals surface area contributed by atoms with Gasteiger partial charge in [0.05, 0.1) is 17.8 Å². The van der Waals surface area contributed by atoms with Crippen LogP contribution in [0.15, 0.2) is 30.6 Å². The second kappa shape index (κ2) is 6.08. The van der Waals surface area contributed by atoms with Crippen LogP contribution in [0.5, 0.6) is 0 Å². The number of benzene rings is 1. The number of hydrogen-bond donors (Lipinski definition) is 0. The molecule has 0 amide bonds. The van der Waals surface area contributed by atoms with E-state index in [1.807, 2.05) is 12.4 Å². The third kappa shape index (κ3) is 2.99. The standard InChI is InChI=1S/C20H26BNO3/c1-19(2)20(3,4)25-21(24-19)16-8-7-14-11-22-12-18(17(14)10-16)15-6-5-9-23-13-15/h7-8,10-12,15H,5-6,9,13H2,1-4H3. The number of nitrogens with zero attached hydrogens (tertiary/aromatic N) is 1. The van der Waals surface area contributed by atoms with Crippen LogP contribution in [0.4, 0.5) is 0 Å². The van der Waals surface area contributed by atoms with Crippen molar-refractivity contribution < 1.29 is 14.0 Å². The molecule has 2 aromatic rings. The zero-order valence-electron chi connectivity index (χ0n) is 15.5. The summed E-state index contributed by atoms with van der Waals surface area (Å²) < 4.78 is 18.1. The fraction of sp³-hybridized carbons (Fsp3) is 0.550. The zero-order chi connectivity index (χ0) is 17.7. The SMILES string of the molecule is CC1(C)OB(c2ccc3cncc(C4CCCOC4)c3c2)OC1(C)C. The van der Waals surface area contributed by atoms with Gasteiger partial charge in [-0.1, -0.05) is 18.2 Å². The Morgan fingerprint density at radius 3 is 2.52 bits per heavy atom. The molecule has 2 aliphatic rings. The normalized spacial score (nSPS) is 25.4. The summed E-state index contributed by atoms with van der Waals surface area (Å²) in [5.74, 6) is 0.415. The highest BCUT2D eigenvalue weighted by atomic mass is 16.7. The van der Waals surface area contributed by atoms with Gasteiger partial charge in [-0.15, -0.1) is 0 Å². The lowest BCUT2D eigenvalue weighted by Gasteiger charge is -2.32. The Bertz CT molecular complexity index is 768. The van der Waals surface area contributed by atoms with E-state index in [0.29, 0.717) is 5.92 Å². The summed E-state index contributed by atoms with van der Waals surface area (Å²) >= 11 is 0. The first kappa shape index (κ1) is 17.0. The van der Waals surface area contributed by atoms with Crippen LogP contribution < -0.4 is 5.46 Å². The molecular formula is C20H26BNO3. The van der Waals surface area contributed by atoms with Crippen LogP contribution in [0.1, 0.15) is 52.0 Å². The molecule has 0 bridgehead atoms. The van der Waals surface area contributed by atoms with Gasteiger partial charge in [-0.2, -0.15) is 0 Å². The average Bonchev–Trinajstić information content (AvgIpc) is 2.82. The molecule has 4 rings (SSSR count).